The minimum absolute atomic E-state index is 0.0733. The van der Waals surface area contributed by atoms with Crippen LogP contribution in [0.25, 0.3) is 0 Å². The minimum Gasteiger partial charge on any atom is -0.490 e. The summed E-state index contributed by atoms with van der Waals surface area (Å²) in [6.07, 6.45) is 1.46. The van der Waals surface area contributed by atoms with Crippen molar-refractivity contribution in [3.8, 4) is 5.75 Å². The molecule has 0 saturated carbocycles. The maximum Gasteiger partial charge on any atom is 0.344 e. The van der Waals surface area contributed by atoms with Crippen LogP contribution in [0.2, 0.25) is 0 Å². The number of nitrogens with zero attached hydrogens (tertiary/aromatic N) is 4. The highest BCUT2D eigenvalue weighted by molar-refractivity contribution is 5.91. The molecule has 1 aliphatic heterocycles. The van der Waals surface area contributed by atoms with E-state index >= 15 is 0 Å². The maximum atomic E-state index is 12.6. The van der Waals surface area contributed by atoms with E-state index in [2.05, 4.69) is 16.1 Å². The lowest BCUT2D eigenvalue weighted by Crippen LogP contribution is -2.49. The van der Waals surface area contributed by atoms with E-state index < -0.39 is 11.5 Å². The van der Waals surface area contributed by atoms with Crippen LogP contribution in [0.3, 0.4) is 0 Å². The number of benzene rings is 1. The molecular formula is C21H29N5O4. The molecule has 9 heteroatoms. The molecular weight excluding hydrogens is 386 g/mol. The van der Waals surface area contributed by atoms with Crippen molar-refractivity contribution in [2.45, 2.75) is 32.9 Å². The van der Waals surface area contributed by atoms with Gasteiger partial charge in [0, 0.05) is 38.9 Å². The number of hydrogen-bond acceptors (Lipinski definition) is 6. The summed E-state index contributed by atoms with van der Waals surface area (Å²) in [4.78, 5) is 27.7. The summed E-state index contributed by atoms with van der Waals surface area (Å²) in [6.45, 7) is 9.01. The molecule has 1 saturated heterocycles. The van der Waals surface area contributed by atoms with Crippen molar-refractivity contribution in [3.05, 3.63) is 47.3 Å². The van der Waals surface area contributed by atoms with Gasteiger partial charge in [0.1, 0.15) is 12.4 Å². The summed E-state index contributed by atoms with van der Waals surface area (Å²) in [7, 11) is 0. The first-order valence-corrected chi connectivity index (χ1v) is 9.95. The predicted octanol–water partition coefficient (Wildman–Crippen LogP) is 1.23. The van der Waals surface area contributed by atoms with E-state index in [0.717, 1.165) is 41.2 Å². The smallest absolute Gasteiger partial charge is 0.344 e. The molecule has 1 aromatic heterocycles. The predicted molar refractivity (Wildman–Crippen MR) is 111 cm³/mol. The molecule has 162 valence electrons. The van der Waals surface area contributed by atoms with Gasteiger partial charge in [0.15, 0.2) is 5.69 Å². The Bertz CT molecular complexity index is 910. The molecule has 9 nitrogen and oxygen atoms in total. The molecule has 3 N–H and O–H groups in total. The van der Waals surface area contributed by atoms with Crippen LogP contribution in [0.4, 0.5) is 4.79 Å². The highest BCUT2D eigenvalue weighted by Gasteiger charge is 2.24. The summed E-state index contributed by atoms with van der Waals surface area (Å²) < 4.78 is 6.94. The normalized spacial score (nSPS) is 15.3. The van der Waals surface area contributed by atoms with Gasteiger partial charge in [-0.25, -0.2) is 4.79 Å². The standard InChI is InChI=1S/C21H29N5O4/c1-15-16(5-4-6-18(15)30-14-21(2,3)29)13-24-9-11-25(12-10-24)20(28)26-8-7-17(23-26)19(22)27/h4-8,29H,9-14H2,1-3H3,(H2,22,27). The van der Waals surface area contributed by atoms with Crippen LogP contribution >= 0.6 is 0 Å². The van der Waals surface area contributed by atoms with E-state index in [-0.39, 0.29) is 18.3 Å². The number of piperazine rings is 1. The second kappa shape index (κ2) is 8.85. The van der Waals surface area contributed by atoms with Gasteiger partial charge in [-0.3, -0.25) is 9.69 Å². The number of aliphatic hydroxyl groups is 1. The molecule has 2 aromatic rings. The highest BCUT2D eigenvalue weighted by atomic mass is 16.5. The van der Waals surface area contributed by atoms with Crippen molar-refractivity contribution in [1.29, 1.82) is 0 Å². The van der Waals surface area contributed by atoms with E-state index in [0.29, 0.717) is 13.1 Å². The number of amides is 2. The van der Waals surface area contributed by atoms with E-state index in [1.165, 1.54) is 12.3 Å². The first kappa shape index (κ1) is 21.8. The number of aromatic nitrogens is 2. The lowest BCUT2D eigenvalue weighted by Gasteiger charge is -2.34. The minimum atomic E-state index is -0.891. The van der Waals surface area contributed by atoms with Crippen molar-refractivity contribution in [2.24, 2.45) is 5.73 Å². The molecule has 0 atom stereocenters. The third kappa shape index (κ3) is 5.37. The summed E-state index contributed by atoms with van der Waals surface area (Å²) in [5.41, 5.74) is 6.58. The highest BCUT2D eigenvalue weighted by Crippen LogP contribution is 2.24. The Morgan fingerprint density at radius 2 is 1.90 bits per heavy atom. The zero-order valence-corrected chi connectivity index (χ0v) is 17.7. The molecule has 1 aliphatic rings. The van der Waals surface area contributed by atoms with Gasteiger partial charge in [-0.15, -0.1) is 0 Å². The van der Waals surface area contributed by atoms with Gasteiger partial charge in [-0.1, -0.05) is 12.1 Å². The number of nitrogens with two attached hydrogens (primary N) is 1. The molecule has 0 bridgehead atoms. The Hall–Kier alpha value is -2.91. The molecule has 1 fully saturated rings. The molecule has 0 unspecified atom stereocenters. The van der Waals surface area contributed by atoms with Crippen LogP contribution in [-0.4, -0.2) is 75.0 Å². The molecule has 3 rings (SSSR count). The van der Waals surface area contributed by atoms with E-state index in [9.17, 15) is 14.7 Å². The van der Waals surface area contributed by atoms with E-state index in [4.69, 9.17) is 10.5 Å². The van der Waals surface area contributed by atoms with Gasteiger partial charge in [0.2, 0.25) is 0 Å². The molecule has 2 amide bonds. The molecule has 2 heterocycles. The lowest BCUT2D eigenvalue weighted by molar-refractivity contribution is 0.0282. The largest absolute Gasteiger partial charge is 0.490 e. The van der Waals surface area contributed by atoms with Crippen LogP contribution in [0.1, 0.15) is 35.5 Å². The molecule has 0 spiro atoms. The Kier molecular flexibility index (Phi) is 6.42. The summed E-state index contributed by atoms with van der Waals surface area (Å²) in [6, 6.07) is 7.10. The van der Waals surface area contributed by atoms with E-state index in [1.807, 2.05) is 19.1 Å². The van der Waals surface area contributed by atoms with Crippen molar-refractivity contribution < 1.29 is 19.4 Å². The summed E-state index contributed by atoms with van der Waals surface area (Å²) in [5.74, 6) is 0.114. The number of carbonyl (C=O) groups excluding carboxylic acids is 2. The molecule has 0 radical (unpaired) electrons. The zero-order chi connectivity index (χ0) is 21.9. The third-order valence-electron chi connectivity index (χ3n) is 5.05. The summed E-state index contributed by atoms with van der Waals surface area (Å²) in [5, 5.41) is 13.8. The van der Waals surface area contributed by atoms with Crippen molar-refractivity contribution in [3.63, 3.8) is 0 Å². The topological polar surface area (TPSA) is 114 Å². The van der Waals surface area contributed by atoms with Crippen LogP contribution in [0.15, 0.2) is 30.5 Å². The molecule has 1 aromatic carbocycles. The SMILES string of the molecule is Cc1c(CN2CCN(C(=O)n3ccc(C(N)=O)n3)CC2)cccc1OCC(C)(C)O. The van der Waals surface area contributed by atoms with E-state index in [1.54, 1.807) is 18.7 Å². The van der Waals surface area contributed by atoms with Crippen LogP contribution in [0.5, 0.6) is 5.75 Å². The zero-order valence-electron chi connectivity index (χ0n) is 17.7. The van der Waals surface area contributed by atoms with Crippen molar-refractivity contribution >= 4 is 11.9 Å². The average Bonchev–Trinajstić information content (AvgIpc) is 3.18. The number of primary amides is 1. The average molecular weight is 415 g/mol. The number of hydrogen-bond donors (Lipinski definition) is 2. The van der Waals surface area contributed by atoms with Crippen LogP contribution < -0.4 is 10.5 Å². The number of ether oxygens (including phenoxy) is 1. The third-order valence-corrected chi connectivity index (χ3v) is 5.05. The first-order valence-electron chi connectivity index (χ1n) is 9.95. The number of carbonyl (C=O) groups is 2. The molecule has 30 heavy (non-hydrogen) atoms. The quantitative estimate of drug-likeness (QED) is 0.733. The second-order valence-electron chi connectivity index (χ2n) is 8.20. The van der Waals surface area contributed by atoms with Gasteiger partial charge in [-0.05, 0) is 44.0 Å². The van der Waals surface area contributed by atoms with Crippen LogP contribution in [-0.2, 0) is 6.54 Å². The lowest BCUT2D eigenvalue weighted by atomic mass is 10.1. The second-order valence-corrected chi connectivity index (χ2v) is 8.20. The maximum absolute atomic E-state index is 12.6. The van der Waals surface area contributed by atoms with Gasteiger partial charge in [0.25, 0.3) is 5.91 Å². The van der Waals surface area contributed by atoms with Crippen LogP contribution in [0, 0.1) is 6.92 Å². The summed E-state index contributed by atoms with van der Waals surface area (Å²) >= 11 is 0. The van der Waals surface area contributed by atoms with Gasteiger partial charge in [-0.2, -0.15) is 9.78 Å². The number of rotatable bonds is 6. The first-order chi connectivity index (χ1) is 14.1. The fraction of sp³-hybridized carbons (Fsp3) is 0.476. The monoisotopic (exact) mass is 415 g/mol. The van der Waals surface area contributed by atoms with Crippen molar-refractivity contribution in [2.75, 3.05) is 32.8 Å². The van der Waals surface area contributed by atoms with Gasteiger partial charge in [0.05, 0.1) is 5.60 Å². The van der Waals surface area contributed by atoms with Gasteiger partial charge >= 0.3 is 6.03 Å². The Balaban J connectivity index is 1.57. The van der Waals surface area contributed by atoms with Crippen molar-refractivity contribution in [1.82, 2.24) is 19.6 Å². The Morgan fingerprint density at radius 1 is 1.20 bits per heavy atom. The van der Waals surface area contributed by atoms with Gasteiger partial charge < -0.3 is 20.5 Å². The fourth-order valence-electron chi connectivity index (χ4n) is 3.29. The fourth-order valence-corrected chi connectivity index (χ4v) is 3.29. The Morgan fingerprint density at radius 3 is 2.50 bits per heavy atom. The molecule has 0 aliphatic carbocycles. The Labute approximate surface area is 176 Å².